The number of carbonyl (C=O) groups excluding carboxylic acids is 1. The van der Waals surface area contributed by atoms with Crippen LogP contribution < -0.4 is 5.32 Å². The van der Waals surface area contributed by atoms with Crippen LogP contribution in [-0.2, 0) is 4.79 Å². The van der Waals surface area contributed by atoms with Gasteiger partial charge < -0.3 is 5.32 Å². The minimum absolute atomic E-state index is 0.0303. The molecule has 22 heavy (non-hydrogen) atoms. The Morgan fingerprint density at radius 2 is 2.00 bits per heavy atom. The molecule has 0 aromatic heterocycles. The zero-order valence-electron chi connectivity index (χ0n) is 11.9. The van der Waals surface area contributed by atoms with Crippen LogP contribution in [0.15, 0.2) is 23.1 Å². The van der Waals surface area contributed by atoms with E-state index in [4.69, 9.17) is 0 Å². The zero-order valence-corrected chi connectivity index (χ0v) is 12.7. The molecule has 1 aromatic rings. The molecule has 118 valence electrons. The van der Waals surface area contributed by atoms with Gasteiger partial charge in [-0.15, -0.1) is 11.8 Å². The number of amides is 1. The number of nitro groups is 2. The van der Waals surface area contributed by atoms with Crippen molar-refractivity contribution in [2.24, 2.45) is 0 Å². The van der Waals surface area contributed by atoms with Gasteiger partial charge in [-0.05, 0) is 18.9 Å². The van der Waals surface area contributed by atoms with Crippen LogP contribution in [0.4, 0.5) is 11.4 Å². The minimum Gasteiger partial charge on any atom is -0.352 e. The lowest BCUT2D eigenvalue weighted by Crippen LogP contribution is -2.37. The maximum absolute atomic E-state index is 11.2. The van der Waals surface area contributed by atoms with Crippen LogP contribution in [0.1, 0.15) is 26.2 Å². The highest BCUT2D eigenvalue weighted by molar-refractivity contribution is 8.00. The molecular weight excluding hydrogens is 310 g/mol. The molecule has 1 aromatic carbocycles. The average Bonchev–Trinajstić information content (AvgIpc) is 2.85. The number of hydrogen-bond acceptors (Lipinski definition) is 6. The van der Waals surface area contributed by atoms with Crippen LogP contribution in [0, 0.1) is 20.2 Å². The molecule has 2 rings (SSSR count). The molecule has 1 fully saturated rings. The lowest BCUT2D eigenvalue weighted by molar-refractivity contribution is -0.396. The fraction of sp³-hybridized carbons (Fsp3) is 0.462. The van der Waals surface area contributed by atoms with Crippen molar-refractivity contribution in [2.75, 3.05) is 0 Å². The smallest absolute Gasteiger partial charge is 0.289 e. The van der Waals surface area contributed by atoms with Gasteiger partial charge in [-0.1, -0.05) is 6.42 Å². The minimum atomic E-state index is -0.656. The fourth-order valence-corrected chi connectivity index (χ4v) is 3.90. The Bertz CT molecular complexity index is 622. The van der Waals surface area contributed by atoms with Gasteiger partial charge in [-0.3, -0.25) is 25.0 Å². The van der Waals surface area contributed by atoms with Crippen LogP contribution in [0.3, 0.4) is 0 Å². The van der Waals surface area contributed by atoms with Crippen molar-refractivity contribution in [3.8, 4) is 0 Å². The summed E-state index contributed by atoms with van der Waals surface area (Å²) >= 11 is 1.30. The van der Waals surface area contributed by atoms with Gasteiger partial charge in [0.15, 0.2) is 0 Å². The van der Waals surface area contributed by atoms with E-state index in [0.29, 0.717) is 4.90 Å². The number of nitro benzene ring substituents is 2. The molecule has 2 atom stereocenters. The van der Waals surface area contributed by atoms with Gasteiger partial charge in [-0.2, -0.15) is 0 Å². The van der Waals surface area contributed by atoms with E-state index in [2.05, 4.69) is 5.32 Å². The summed E-state index contributed by atoms with van der Waals surface area (Å²) < 4.78 is 0. The van der Waals surface area contributed by atoms with Gasteiger partial charge in [-0.25, -0.2) is 0 Å². The first-order valence-electron chi connectivity index (χ1n) is 6.75. The molecule has 1 aliphatic rings. The van der Waals surface area contributed by atoms with Crippen LogP contribution in [0.25, 0.3) is 0 Å². The second-order valence-corrected chi connectivity index (χ2v) is 6.34. The molecule has 0 saturated heterocycles. The van der Waals surface area contributed by atoms with Crippen molar-refractivity contribution in [1.82, 2.24) is 5.32 Å². The number of benzene rings is 1. The maximum atomic E-state index is 11.2. The predicted octanol–water partition coefficient (Wildman–Crippen LogP) is 2.65. The standard InChI is InChI=1S/C13H15N3O5S/c1-8(17)14-10-3-2-4-12(10)22-13-6-5-9(15(18)19)7-11(13)16(20)21/h5-7,10,12H,2-4H2,1H3,(H,14,17). The van der Waals surface area contributed by atoms with Crippen LogP contribution in [0.2, 0.25) is 0 Å². The number of rotatable bonds is 5. The summed E-state index contributed by atoms with van der Waals surface area (Å²) in [4.78, 5) is 32.2. The van der Waals surface area contributed by atoms with Gasteiger partial charge in [0.05, 0.1) is 20.8 Å². The van der Waals surface area contributed by atoms with E-state index in [1.54, 1.807) is 0 Å². The molecule has 8 nitrogen and oxygen atoms in total. The quantitative estimate of drug-likeness (QED) is 0.657. The van der Waals surface area contributed by atoms with E-state index in [9.17, 15) is 25.0 Å². The van der Waals surface area contributed by atoms with Crippen molar-refractivity contribution < 1.29 is 14.6 Å². The SMILES string of the molecule is CC(=O)NC1CCCC1Sc1ccc([N+](=O)[O-])cc1[N+](=O)[O-]. The second-order valence-electron chi connectivity index (χ2n) is 5.06. The lowest BCUT2D eigenvalue weighted by atomic mass is 10.2. The van der Waals surface area contributed by atoms with E-state index in [-0.39, 0.29) is 28.6 Å². The predicted molar refractivity (Wildman–Crippen MR) is 80.9 cm³/mol. The van der Waals surface area contributed by atoms with E-state index >= 15 is 0 Å². The topological polar surface area (TPSA) is 115 Å². The number of nitrogens with zero attached hydrogens (tertiary/aromatic N) is 2. The summed E-state index contributed by atoms with van der Waals surface area (Å²) in [5, 5.41) is 24.7. The Hall–Kier alpha value is -2.16. The van der Waals surface area contributed by atoms with Crippen molar-refractivity contribution in [3.05, 3.63) is 38.4 Å². The molecule has 0 radical (unpaired) electrons. The van der Waals surface area contributed by atoms with E-state index in [1.807, 2.05) is 0 Å². The first-order valence-corrected chi connectivity index (χ1v) is 7.63. The Kier molecular flexibility index (Phi) is 4.96. The Labute approximate surface area is 130 Å². The van der Waals surface area contributed by atoms with E-state index in [1.165, 1.54) is 30.8 Å². The summed E-state index contributed by atoms with van der Waals surface area (Å²) in [5.74, 6) is -0.129. The summed E-state index contributed by atoms with van der Waals surface area (Å²) in [7, 11) is 0. The van der Waals surface area contributed by atoms with Crippen LogP contribution >= 0.6 is 11.8 Å². The third-order valence-electron chi connectivity index (χ3n) is 3.47. The summed E-state index contributed by atoms with van der Waals surface area (Å²) in [5.41, 5.74) is -0.575. The van der Waals surface area contributed by atoms with Crippen molar-refractivity contribution in [3.63, 3.8) is 0 Å². The van der Waals surface area contributed by atoms with Crippen LogP contribution in [-0.4, -0.2) is 27.0 Å². The molecule has 1 amide bonds. The first-order chi connectivity index (χ1) is 10.4. The van der Waals surface area contributed by atoms with Crippen molar-refractivity contribution in [1.29, 1.82) is 0 Å². The molecule has 0 bridgehead atoms. The van der Waals surface area contributed by atoms with Crippen LogP contribution in [0.5, 0.6) is 0 Å². The number of carbonyl (C=O) groups is 1. The number of thioether (sulfide) groups is 1. The molecule has 0 heterocycles. The van der Waals surface area contributed by atoms with Gasteiger partial charge >= 0.3 is 0 Å². The molecule has 2 unspecified atom stereocenters. The fourth-order valence-electron chi connectivity index (χ4n) is 2.52. The molecule has 0 aliphatic heterocycles. The number of nitrogens with one attached hydrogen (secondary N) is 1. The molecular formula is C13H15N3O5S. The largest absolute Gasteiger partial charge is 0.352 e. The van der Waals surface area contributed by atoms with E-state index < -0.39 is 9.85 Å². The zero-order chi connectivity index (χ0) is 16.3. The summed E-state index contributed by atoms with van der Waals surface area (Å²) in [6, 6.07) is 3.62. The Balaban J connectivity index is 2.23. The molecule has 9 heteroatoms. The average molecular weight is 325 g/mol. The summed E-state index contributed by atoms with van der Waals surface area (Å²) in [6.07, 6.45) is 2.60. The van der Waals surface area contributed by atoms with Crippen molar-refractivity contribution >= 4 is 29.0 Å². The third-order valence-corrected chi connectivity index (χ3v) is 4.94. The first kappa shape index (κ1) is 16.2. The van der Waals surface area contributed by atoms with Gasteiger partial charge in [0.25, 0.3) is 11.4 Å². The summed E-state index contributed by atoms with van der Waals surface area (Å²) in [6.45, 7) is 1.44. The highest BCUT2D eigenvalue weighted by Crippen LogP contribution is 2.40. The van der Waals surface area contributed by atoms with Gasteiger partial charge in [0, 0.05) is 24.3 Å². The van der Waals surface area contributed by atoms with Crippen molar-refractivity contribution in [2.45, 2.75) is 42.4 Å². The number of non-ortho nitro benzene ring substituents is 1. The van der Waals surface area contributed by atoms with E-state index in [0.717, 1.165) is 25.3 Å². The highest BCUT2D eigenvalue weighted by Gasteiger charge is 2.31. The van der Waals surface area contributed by atoms with Gasteiger partial charge in [0.1, 0.15) is 0 Å². The molecule has 1 saturated carbocycles. The second kappa shape index (κ2) is 6.73. The van der Waals surface area contributed by atoms with Gasteiger partial charge in [0.2, 0.25) is 5.91 Å². The normalized spacial score (nSPS) is 20.6. The molecule has 0 spiro atoms. The highest BCUT2D eigenvalue weighted by atomic mass is 32.2. The third kappa shape index (κ3) is 3.73. The lowest BCUT2D eigenvalue weighted by Gasteiger charge is -2.19. The molecule has 1 N–H and O–H groups in total. The Morgan fingerprint density at radius 3 is 2.59 bits per heavy atom. The molecule has 1 aliphatic carbocycles. The Morgan fingerprint density at radius 1 is 1.27 bits per heavy atom. The number of hydrogen-bond donors (Lipinski definition) is 1. The monoisotopic (exact) mass is 325 g/mol. The maximum Gasteiger partial charge on any atom is 0.289 e.